The van der Waals surface area contributed by atoms with Crippen molar-refractivity contribution in [1.82, 2.24) is 20.2 Å². The van der Waals surface area contributed by atoms with E-state index in [1.54, 1.807) is 12.4 Å². The summed E-state index contributed by atoms with van der Waals surface area (Å²) in [7, 11) is 0. The fraction of sp³-hybridized carbons (Fsp3) is 0. The van der Waals surface area contributed by atoms with Crippen molar-refractivity contribution in [2.24, 2.45) is 0 Å². The molecule has 0 saturated heterocycles. The molecule has 0 saturated carbocycles. The fourth-order valence-corrected chi connectivity index (χ4v) is 3.86. The van der Waals surface area contributed by atoms with Gasteiger partial charge in [-0.1, -0.05) is 34.3 Å². The molecule has 22 heavy (non-hydrogen) atoms. The minimum atomic E-state index is 0.698. The Balaban J connectivity index is 1.61. The van der Waals surface area contributed by atoms with E-state index in [-0.39, 0.29) is 0 Å². The van der Waals surface area contributed by atoms with E-state index in [0.29, 0.717) is 10.2 Å². The van der Waals surface area contributed by atoms with E-state index in [1.165, 1.54) is 22.7 Å². The van der Waals surface area contributed by atoms with Crippen molar-refractivity contribution in [2.75, 3.05) is 5.32 Å². The number of rotatable bonds is 3. The van der Waals surface area contributed by atoms with Crippen LogP contribution >= 0.6 is 34.3 Å². The molecule has 0 spiro atoms. The second-order valence-corrected chi connectivity index (χ2v) is 6.85. The van der Waals surface area contributed by atoms with Gasteiger partial charge in [-0.2, -0.15) is 0 Å². The van der Waals surface area contributed by atoms with Crippen molar-refractivity contribution in [3.8, 4) is 10.6 Å². The number of aromatic nitrogens is 4. The summed E-state index contributed by atoms with van der Waals surface area (Å²) in [6.45, 7) is 0. The molecule has 0 atom stereocenters. The predicted octanol–water partition coefficient (Wildman–Crippen LogP) is 4.61. The van der Waals surface area contributed by atoms with Crippen LogP contribution in [0.25, 0.3) is 20.8 Å². The largest absolute Gasteiger partial charge is 0.306 e. The summed E-state index contributed by atoms with van der Waals surface area (Å²) in [5.41, 5.74) is 1.86. The van der Waals surface area contributed by atoms with Crippen LogP contribution in [0.15, 0.2) is 42.7 Å². The van der Waals surface area contributed by atoms with Crippen molar-refractivity contribution in [1.29, 1.82) is 0 Å². The van der Waals surface area contributed by atoms with Gasteiger partial charge in [-0.15, -0.1) is 10.2 Å². The van der Waals surface area contributed by atoms with Crippen LogP contribution < -0.4 is 5.32 Å². The lowest BCUT2D eigenvalue weighted by Gasteiger charge is -1.93. The van der Waals surface area contributed by atoms with Crippen molar-refractivity contribution in [3.05, 3.63) is 47.7 Å². The van der Waals surface area contributed by atoms with Crippen molar-refractivity contribution in [2.45, 2.75) is 0 Å². The molecule has 0 aliphatic rings. The summed E-state index contributed by atoms with van der Waals surface area (Å²) in [4.78, 5) is 8.59. The maximum Gasteiger partial charge on any atom is 0.212 e. The number of pyridine rings is 1. The molecule has 0 unspecified atom stereocenters. The summed E-state index contributed by atoms with van der Waals surface area (Å²) in [6, 6.07) is 9.47. The van der Waals surface area contributed by atoms with E-state index in [1.807, 2.05) is 30.3 Å². The number of halogens is 1. The van der Waals surface area contributed by atoms with Gasteiger partial charge in [0.05, 0.1) is 10.2 Å². The third-order valence-corrected chi connectivity index (χ3v) is 4.95. The molecular formula is C14H8ClN5S2. The van der Waals surface area contributed by atoms with Gasteiger partial charge in [0.2, 0.25) is 5.13 Å². The molecule has 108 valence electrons. The Morgan fingerprint density at radius 2 is 2.00 bits per heavy atom. The number of thiazole rings is 1. The van der Waals surface area contributed by atoms with Gasteiger partial charge in [0.1, 0.15) is 0 Å². The molecule has 1 N–H and O–H groups in total. The van der Waals surface area contributed by atoms with Crippen LogP contribution in [-0.4, -0.2) is 20.2 Å². The molecule has 0 aliphatic heterocycles. The van der Waals surface area contributed by atoms with Gasteiger partial charge in [-0.25, -0.2) is 4.98 Å². The molecular weight excluding hydrogens is 338 g/mol. The number of fused-ring (bicyclic) bond motifs is 1. The summed E-state index contributed by atoms with van der Waals surface area (Å²) < 4.78 is 1.03. The number of anilines is 2. The van der Waals surface area contributed by atoms with E-state index >= 15 is 0 Å². The van der Waals surface area contributed by atoms with Gasteiger partial charge in [0, 0.05) is 23.0 Å². The topological polar surface area (TPSA) is 63.6 Å². The fourth-order valence-electron chi connectivity index (χ4n) is 1.92. The van der Waals surface area contributed by atoms with Crippen LogP contribution in [0.4, 0.5) is 10.3 Å². The smallest absolute Gasteiger partial charge is 0.212 e. The van der Waals surface area contributed by atoms with Gasteiger partial charge in [-0.05, 0) is 30.3 Å². The summed E-state index contributed by atoms with van der Waals surface area (Å²) >= 11 is 8.98. The average Bonchev–Trinajstić information content (AvgIpc) is 3.14. The quantitative estimate of drug-likeness (QED) is 0.587. The van der Waals surface area contributed by atoms with E-state index in [2.05, 4.69) is 25.5 Å². The van der Waals surface area contributed by atoms with Gasteiger partial charge in [0.15, 0.2) is 10.1 Å². The third kappa shape index (κ3) is 2.66. The molecule has 8 heteroatoms. The molecule has 0 aliphatic carbocycles. The van der Waals surface area contributed by atoms with Gasteiger partial charge < -0.3 is 5.32 Å². The lowest BCUT2D eigenvalue weighted by molar-refractivity contribution is 1.09. The van der Waals surface area contributed by atoms with Crippen LogP contribution in [0, 0.1) is 0 Å². The second kappa shape index (κ2) is 5.60. The highest BCUT2D eigenvalue weighted by atomic mass is 35.5. The van der Waals surface area contributed by atoms with Crippen LogP contribution in [0.1, 0.15) is 0 Å². The van der Waals surface area contributed by atoms with Gasteiger partial charge in [0.25, 0.3) is 0 Å². The van der Waals surface area contributed by atoms with Crippen molar-refractivity contribution < 1.29 is 0 Å². The highest BCUT2D eigenvalue weighted by Gasteiger charge is 2.09. The molecule has 3 heterocycles. The number of benzene rings is 1. The van der Waals surface area contributed by atoms with Crippen molar-refractivity contribution in [3.63, 3.8) is 0 Å². The maximum atomic E-state index is 5.99. The minimum absolute atomic E-state index is 0.698. The van der Waals surface area contributed by atoms with Crippen LogP contribution in [0.2, 0.25) is 5.02 Å². The zero-order valence-electron chi connectivity index (χ0n) is 11.0. The van der Waals surface area contributed by atoms with E-state index in [9.17, 15) is 0 Å². The monoisotopic (exact) mass is 345 g/mol. The first kappa shape index (κ1) is 13.6. The molecule has 3 aromatic heterocycles. The normalized spacial score (nSPS) is 11.0. The first-order chi connectivity index (χ1) is 10.8. The molecule has 4 rings (SSSR count). The zero-order chi connectivity index (χ0) is 14.9. The second-order valence-electron chi connectivity index (χ2n) is 4.41. The molecule has 0 amide bonds. The molecule has 0 fully saturated rings. The maximum absolute atomic E-state index is 5.99. The Kier molecular flexibility index (Phi) is 3.45. The van der Waals surface area contributed by atoms with Crippen LogP contribution in [0.3, 0.4) is 0 Å². The zero-order valence-corrected chi connectivity index (χ0v) is 13.4. The molecule has 0 bridgehead atoms. The summed E-state index contributed by atoms with van der Waals surface area (Å²) in [5, 5.41) is 14.5. The lowest BCUT2D eigenvalue weighted by Crippen LogP contribution is -1.87. The Morgan fingerprint density at radius 3 is 2.86 bits per heavy atom. The number of hydrogen-bond acceptors (Lipinski definition) is 7. The molecule has 4 aromatic rings. The lowest BCUT2D eigenvalue weighted by atomic mass is 10.3. The Morgan fingerprint density at radius 1 is 1.05 bits per heavy atom. The number of hydrogen-bond donors (Lipinski definition) is 1. The molecule has 5 nitrogen and oxygen atoms in total. The standard InChI is InChI=1S/C14H8ClN5S2/c15-9-3-4-10-11(6-9)21-13(17-10)18-14-20-19-12(22-14)8-2-1-5-16-7-8/h1-7H,(H,17,18,20). The molecule has 1 aromatic carbocycles. The Hall–Kier alpha value is -2.09. The highest BCUT2D eigenvalue weighted by molar-refractivity contribution is 7.23. The third-order valence-electron chi connectivity index (χ3n) is 2.90. The van der Waals surface area contributed by atoms with Gasteiger partial charge >= 0.3 is 0 Å². The number of nitrogens with zero attached hydrogens (tertiary/aromatic N) is 4. The highest BCUT2D eigenvalue weighted by Crippen LogP contribution is 2.32. The first-order valence-corrected chi connectivity index (χ1v) is 8.36. The average molecular weight is 346 g/mol. The number of nitrogens with one attached hydrogen (secondary N) is 1. The Bertz CT molecular complexity index is 935. The van der Waals surface area contributed by atoms with Crippen molar-refractivity contribution >= 4 is 54.8 Å². The van der Waals surface area contributed by atoms with E-state index in [4.69, 9.17) is 11.6 Å². The summed E-state index contributed by atoms with van der Waals surface area (Å²) in [5.74, 6) is 0. The van der Waals surface area contributed by atoms with Crippen LogP contribution in [0.5, 0.6) is 0 Å². The van der Waals surface area contributed by atoms with E-state index < -0.39 is 0 Å². The first-order valence-electron chi connectivity index (χ1n) is 6.35. The van der Waals surface area contributed by atoms with Crippen LogP contribution in [-0.2, 0) is 0 Å². The molecule has 0 radical (unpaired) electrons. The minimum Gasteiger partial charge on any atom is -0.306 e. The predicted molar refractivity (Wildman–Crippen MR) is 91.1 cm³/mol. The van der Waals surface area contributed by atoms with Gasteiger partial charge in [-0.3, -0.25) is 4.98 Å². The van der Waals surface area contributed by atoms with E-state index in [0.717, 1.165) is 25.9 Å². The SMILES string of the molecule is Clc1ccc2nc(Nc3nnc(-c4cccnc4)s3)sc2c1. The Labute approximate surface area is 138 Å². The summed E-state index contributed by atoms with van der Waals surface area (Å²) in [6.07, 6.45) is 3.50.